The maximum atomic E-state index is 11.9. The standard InChI is InChI=1S/C15H21NO4/c1-11(15(2,3)13(17)18)16(4)14(19)20-10-12-8-6-5-7-9-12/h5-9,11H,10H2,1-4H3,(H,17,18)/t11-/m0/s1. The van der Waals surface area contributed by atoms with Gasteiger partial charge < -0.3 is 14.7 Å². The second-order valence-corrected chi connectivity index (χ2v) is 5.35. The van der Waals surface area contributed by atoms with Crippen LogP contribution in [0.2, 0.25) is 0 Å². The van der Waals surface area contributed by atoms with Gasteiger partial charge in [0.15, 0.2) is 0 Å². The van der Waals surface area contributed by atoms with Crippen LogP contribution in [0.1, 0.15) is 26.3 Å². The van der Waals surface area contributed by atoms with Crippen LogP contribution in [0.25, 0.3) is 0 Å². The second-order valence-electron chi connectivity index (χ2n) is 5.35. The Hall–Kier alpha value is -2.04. The lowest BCUT2D eigenvalue weighted by atomic mass is 9.85. The summed E-state index contributed by atoms with van der Waals surface area (Å²) < 4.78 is 5.18. The summed E-state index contributed by atoms with van der Waals surface area (Å²) in [4.78, 5) is 24.4. The highest BCUT2D eigenvalue weighted by atomic mass is 16.6. The Bertz CT molecular complexity index is 470. The minimum absolute atomic E-state index is 0.171. The van der Waals surface area contributed by atoms with Crippen molar-refractivity contribution in [3.63, 3.8) is 0 Å². The smallest absolute Gasteiger partial charge is 0.410 e. The van der Waals surface area contributed by atoms with Crippen molar-refractivity contribution in [2.45, 2.75) is 33.4 Å². The van der Waals surface area contributed by atoms with E-state index >= 15 is 0 Å². The number of amides is 1. The maximum Gasteiger partial charge on any atom is 0.410 e. The first-order valence-corrected chi connectivity index (χ1v) is 6.43. The molecule has 110 valence electrons. The first-order chi connectivity index (χ1) is 9.26. The van der Waals surface area contributed by atoms with Crippen LogP contribution in [0.3, 0.4) is 0 Å². The van der Waals surface area contributed by atoms with Gasteiger partial charge in [-0.3, -0.25) is 4.79 Å². The zero-order valence-corrected chi connectivity index (χ0v) is 12.3. The van der Waals surface area contributed by atoms with Crippen molar-refractivity contribution >= 4 is 12.1 Å². The molecule has 5 nitrogen and oxygen atoms in total. The van der Waals surface area contributed by atoms with Gasteiger partial charge >= 0.3 is 12.1 Å². The van der Waals surface area contributed by atoms with Crippen molar-refractivity contribution in [3.05, 3.63) is 35.9 Å². The van der Waals surface area contributed by atoms with Crippen LogP contribution in [0.5, 0.6) is 0 Å². The number of ether oxygens (including phenoxy) is 1. The van der Waals surface area contributed by atoms with Crippen LogP contribution in [0, 0.1) is 5.41 Å². The Morgan fingerprint density at radius 2 is 1.85 bits per heavy atom. The SMILES string of the molecule is C[C@H](N(C)C(=O)OCc1ccccc1)C(C)(C)C(=O)O. The van der Waals surface area contributed by atoms with E-state index < -0.39 is 23.5 Å². The highest BCUT2D eigenvalue weighted by molar-refractivity contribution is 5.76. The topological polar surface area (TPSA) is 66.8 Å². The van der Waals surface area contributed by atoms with E-state index in [0.29, 0.717) is 0 Å². The summed E-state index contributed by atoms with van der Waals surface area (Å²) in [6.45, 7) is 5.03. The van der Waals surface area contributed by atoms with Crippen molar-refractivity contribution in [1.82, 2.24) is 4.90 Å². The van der Waals surface area contributed by atoms with E-state index in [9.17, 15) is 14.7 Å². The third kappa shape index (κ3) is 3.73. The number of rotatable bonds is 5. The summed E-state index contributed by atoms with van der Waals surface area (Å²) in [5.41, 5.74) is -0.153. The Morgan fingerprint density at radius 1 is 1.30 bits per heavy atom. The molecule has 5 heteroatoms. The van der Waals surface area contributed by atoms with Gasteiger partial charge in [0.05, 0.1) is 5.41 Å². The second kappa shape index (κ2) is 6.41. The molecule has 0 saturated heterocycles. The third-order valence-corrected chi connectivity index (χ3v) is 3.67. The Labute approximate surface area is 119 Å². The fourth-order valence-electron chi connectivity index (χ4n) is 1.64. The zero-order chi connectivity index (χ0) is 15.3. The molecule has 0 aliphatic heterocycles. The van der Waals surface area contributed by atoms with E-state index in [1.165, 1.54) is 4.90 Å². The summed E-state index contributed by atoms with van der Waals surface area (Å²) in [5.74, 6) is -0.951. The van der Waals surface area contributed by atoms with Crippen LogP contribution in [0.15, 0.2) is 30.3 Å². The molecule has 0 spiro atoms. The van der Waals surface area contributed by atoms with Crippen LogP contribution in [-0.2, 0) is 16.1 Å². The van der Waals surface area contributed by atoms with Crippen molar-refractivity contribution in [2.75, 3.05) is 7.05 Å². The molecule has 1 aromatic rings. The van der Waals surface area contributed by atoms with Crippen molar-refractivity contribution in [2.24, 2.45) is 5.41 Å². The molecule has 0 unspecified atom stereocenters. The number of hydrogen-bond acceptors (Lipinski definition) is 3. The average molecular weight is 279 g/mol. The number of nitrogens with zero attached hydrogens (tertiary/aromatic N) is 1. The van der Waals surface area contributed by atoms with E-state index in [1.807, 2.05) is 30.3 Å². The number of carbonyl (C=O) groups is 2. The molecule has 20 heavy (non-hydrogen) atoms. The minimum Gasteiger partial charge on any atom is -0.481 e. The van der Waals surface area contributed by atoms with Crippen LogP contribution in [0.4, 0.5) is 4.79 Å². The lowest BCUT2D eigenvalue weighted by Crippen LogP contribution is -2.48. The van der Waals surface area contributed by atoms with Gasteiger partial charge in [0.1, 0.15) is 6.61 Å². The van der Waals surface area contributed by atoms with Crippen LogP contribution in [-0.4, -0.2) is 35.2 Å². The van der Waals surface area contributed by atoms with Gasteiger partial charge in [-0.15, -0.1) is 0 Å². The van der Waals surface area contributed by atoms with Gasteiger partial charge in [0.25, 0.3) is 0 Å². The summed E-state index contributed by atoms with van der Waals surface area (Å²) in [7, 11) is 1.54. The van der Waals surface area contributed by atoms with Crippen molar-refractivity contribution in [3.8, 4) is 0 Å². The van der Waals surface area contributed by atoms with Gasteiger partial charge in [-0.1, -0.05) is 30.3 Å². The molecule has 0 aliphatic rings. The highest BCUT2D eigenvalue weighted by Gasteiger charge is 2.38. The molecule has 0 saturated carbocycles. The third-order valence-electron chi connectivity index (χ3n) is 3.67. The Balaban J connectivity index is 2.61. The van der Waals surface area contributed by atoms with E-state index in [2.05, 4.69) is 0 Å². The minimum atomic E-state index is -1.04. The van der Waals surface area contributed by atoms with Crippen molar-refractivity contribution < 1.29 is 19.4 Å². The molecule has 0 aliphatic carbocycles. The van der Waals surface area contributed by atoms with Gasteiger partial charge in [-0.05, 0) is 26.3 Å². The monoisotopic (exact) mass is 279 g/mol. The normalized spacial score (nSPS) is 12.6. The quantitative estimate of drug-likeness (QED) is 0.900. The number of aliphatic carboxylic acids is 1. The Morgan fingerprint density at radius 3 is 2.35 bits per heavy atom. The molecular formula is C15H21NO4. The summed E-state index contributed by atoms with van der Waals surface area (Å²) in [6, 6.07) is 8.85. The molecule has 1 rings (SSSR count). The van der Waals surface area contributed by atoms with Gasteiger partial charge in [0.2, 0.25) is 0 Å². The maximum absolute atomic E-state index is 11.9. The molecule has 0 heterocycles. The number of carboxylic acids is 1. The molecule has 1 aromatic carbocycles. The molecule has 1 N–H and O–H groups in total. The first-order valence-electron chi connectivity index (χ1n) is 6.43. The number of hydrogen-bond donors (Lipinski definition) is 1. The molecule has 1 atom stereocenters. The molecule has 0 fully saturated rings. The number of carbonyl (C=O) groups excluding carboxylic acids is 1. The largest absolute Gasteiger partial charge is 0.481 e. The van der Waals surface area contributed by atoms with Crippen molar-refractivity contribution in [1.29, 1.82) is 0 Å². The van der Waals surface area contributed by atoms with Gasteiger partial charge in [0, 0.05) is 13.1 Å². The fraction of sp³-hybridized carbons (Fsp3) is 0.467. The van der Waals surface area contributed by atoms with E-state index in [1.54, 1.807) is 27.8 Å². The summed E-state index contributed by atoms with van der Waals surface area (Å²) in [6.07, 6.45) is -0.532. The first kappa shape index (κ1) is 16.0. The lowest BCUT2D eigenvalue weighted by molar-refractivity contribution is -0.149. The highest BCUT2D eigenvalue weighted by Crippen LogP contribution is 2.25. The van der Waals surface area contributed by atoms with Crippen LogP contribution < -0.4 is 0 Å². The predicted molar refractivity (Wildman–Crippen MR) is 75.3 cm³/mol. The van der Waals surface area contributed by atoms with Gasteiger partial charge in [-0.2, -0.15) is 0 Å². The number of carboxylic acid groups (broad SMARTS) is 1. The molecule has 1 amide bonds. The van der Waals surface area contributed by atoms with E-state index in [-0.39, 0.29) is 6.61 Å². The summed E-state index contributed by atoms with van der Waals surface area (Å²) >= 11 is 0. The van der Waals surface area contributed by atoms with Gasteiger partial charge in [-0.25, -0.2) is 4.79 Å². The molecule has 0 aromatic heterocycles. The zero-order valence-electron chi connectivity index (χ0n) is 12.3. The number of benzene rings is 1. The lowest BCUT2D eigenvalue weighted by Gasteiger charge is -2.34. The van der Waals surface area contributed by atoms with Crippen LogP contribution >= 0.6 is 0 Å². The molecular weight excluding hydrogens is 258 g/mol. The van der Waals surface area contributed by atoms with E-state index in [0.717, 1.165) is 5.56 Å². The predicted octanol–water partition coefficient (Wildman–Crippen LogP) is 2.75. The van der Waals surface area contributed by atoms with E-state index in [4.69, 9.17) is 4.74 Å². The fourth-order valence-corrected chi connectivity index (χ4v) is 1.64. The Kier molecular flexibility index (Phi) is 5.13. The molecule has 0 radical (unpaired) electrons. The summed E-state index contributed by atoms with van der Waals surface area (Å²) in [5, 5.41) is 9.17. The average Bonchev–Trinajstić information content (AvgIpc) is 2.43. The molecule has 0 bridgehead atoms.